The predicted molar refractivity (Wildman–Crippen MR) is 229 cm³/mol. The Balaban J connectivity index is 4.23. The average Bonchev–Trinajstić information content (AvgIpc) is 3.14. The molecule has 0 spiro atoms. The van der Waals surface area contributed by atoms with E-state index in [1.165, 1.54) is 148 Å². The largest absolute Gasteiger partial charge is 0.462 e. The Morgan fingerprint density at radius 2 is 0.611 bits per heavy atom. The first-order valence-electron chi connectivity index (χ1n) is 23.7. The van der Waals surface area contributed by atoms with Gasteiger partial charge >= 0.3 is 17.9 Å². The lowest BCUT2D eigenvalue weighted by molar-refractivity contribution is -0.167. The number of carbonyl (C=O) groups is 3. The molecule has 0 fully saturated rings. The van der Waals surface area contributed by atoms with Gasteiger partial charge in [0.2, 0.25) is 0 Å². The number of rotatable bonds is 42. The van der Waals surface area contributed by atoms with Crippen molar-refractivity contribution in [2.45, 2.75) is 265 Å². The Bertz CT molecular complexity index is 824. The smallest absolute Gasteiger partial charge is 0.306 e. The van der Waals surface area contributed by atoms with Gasteiger partial charge in [-0.2, -0.15) is 0 Å². The molecule has 0 aromatic heterocycles. The first-order valence-corrected chi connectivity index (χ1v) is 23.7. The summed E-state index contributed by atoms with van der Waals surface area (Å²) in [6.45, 7) is 11.3. The van der Waals surface area contributed by atoms with Gasteiger partial charge in [0.1, 0.15) is 13.2 Å². The molecule has 0 heterocycles. The molecule has 6 heteroatoms. The van der Waals surface area contributed by atoms with Gasteiger partial charge in [-0.3, -0.25) is 14.4 Å². The summed E-state index contributed by atoms with van der Waals surface area (Å²) < 4.78 is 16.7. The highest BCUT2D eigenvalue weighted by Crippen LogP contribution is 2.17. The molecular weight excluding hydrogens is 673 g/mol. The third-order valence-corrected chi connectivity index (χ3v) is 10.7. The monoisotopic (exact) mass is 765 g/mol. The Labute approximate surface area is 336 Å². The quantitative estimate of drug-likeness (QED) is 0.0350. The predicted octanol–water partition coefficient (Wildman–Crippen LogP) is 15.0. The molecule has 1 atom stereocenters. The maximum atomic E-state index is 12.7. The van der Waals surface area contributed by atoms with Crippen molar-refractivity contribution in [3.05, 3.63) is 0 Å². The van der Waals surface area contributed by atoms with Crippen LogP contribution in [0, 0.1) is 11.8 Å². The number of unbranched alkanes of at least 4 members (excludes halogenated alkanes) is 27. The summed E-state index contributed by atoms with van der Waals surface area (Å²) in [6, 6.07) is 0. The van der Waals surface area contributed by atoms with Gasteiger partial charge in [0.15, 0.2) is 6.10 Å². The van der Waals surface area contributed by atoms with Crippen LogP contribution in [0.2, 0.25) is 0 Å². The molecule has 0 aliphatic rings. The average molecular weight is 765 g/mol. The van der Waals surface area contributed by atoms with E-state index in [1.54, 1.807) is 0 Å². The molecule has 0 aromatic rings. The molecule has 0 unspecified atom stereocenters. The van der Waals surface area contributed by atoms with E-state index in [-0.39, 0.29) is 31.1 Å². The Morgan fingerprint density at radius 1 is 0.352 bits per heavy atom. The fourth-order valence-electron chi connectivity index (χ4n) is 7.11. The summed E-state index contributed by atoms with van der Waals surface area (Å²) in [5, 5.41) is 0. The summed E-state index contributed by atoms with van der Waals surface area (Å²) in [7, 11) is 0. The number of ether oxygens (including phenoxy) is 3. The molecule has 0 aliphatic carbocycles. The van der Waals surface area contributed by atoms with Crippen LogP contribution in [0.4, 0.5) is 0 Å². The fraction of sp³-hybridized carbons (Fsp3) is 0.938. The second-order valence-corrected chi connectivity index (χ2v) is 17.3. The van der Waals surface area contributed by atoms with Crippen molar-refractivity contribution >= 4 is 17.9 Å². The molecule has 0 N–H and O–H groups in total. The molecule has 0 radical (unpaired) electrons. The van der Waals surface area contributed by atoms with Gasteiger partial charge in [-0.05, 0) is 31.1 Å². The van der Waals surface area contributed by atoms with Crippen LogP contribution < -0.4 is 0 Å². The van der Waals surface area contributed by atoms with Crippen LogP contribution in [0.15, 0.2) is 0 Å². The van der Waals surface area contributed by atoms with Crippen LogP contribution >= 0.6 is 0 Å². The Kier molecular flexibility index (Phi) is 39.8. The van der Waals surface area contributed by atoms with Gasteiger partial charge in [-0.1, -0.05) is 221 Å². The van der Waals surface area contributed by atoms with E-state index >= 15 is 0 Å². The number of hydrogen-bond acceptors (Lipinski definition) is 6. The normalized spacial score (nSPS) is 12.1. The Hall–Kier alpha value is -1.59. The van der Waals surface area contributed by atoms with Crippen LogP contribution in [-0.2, 0) is 28.6 Å². The molecule has 0 saturated carbocycles. The zero-order chi connectivity index (χ0) is 39.7. The third kappa shape index (κ3) is 41.6. The lowest BCUT2D eigenvalue weighted by atomic mass is 10.0. The van der Waals surface area contributed by atoms with Crippen LogP contribution in [-0.4, -0.2) is 37.2 Å². The molecule has 0 saturated heterocycles. The van der Waals surface area contributed by atoms with E-state index in [0.29, 0.717) is 19.3 Å². The SMILES string of the molecule is CCCCCCCCCC(=O)OC[C@H](COC(=O)CCCCCCCCCCCC(C)C)OC(=O)CCCCCCCCCCCCCCCCC(C)C. The second-order valence-electron chi connectivity index (χ2n) is 17.3. The van der Waals surface area contributed by atoms with Crippen LogP contribution in [0.1, 0.15) is 259 Å². The molecule has 0 aromatic carbocycles. The summed E-state index contributed by atoms with van der Waals surface area (Å²) in [5.41, 5.74) is 0. The van der Waals surface area contributed by atoms with Crippen molar-refractivity contribution < 1.29 is 28.6 Å². The van der Waals surface area contributed by atoms with Crippen molar-refractivity contribution in [1.29, 1.82) is 0 Å². The highest BCUT2D eigenvalue weighted by molar-refractivity contribution is 5.71. The van der Waals surface area contributed by atoms with Gasteiger partial charge in [0, 0.05) is 19.3 Å². The first-order chi connectivity index (χ1) is 26.2. The maximum absolute atomic E-state index is 12.7. The molecule has 0 aliphatic heterocycles. The van der Waals surface area contributed by atoms with E-state index in [1.807, 2.05) is 0 Å². The first kappa shape index (κ1) is 52.4. The standard InChI is InChI=1S/C48H92O6/c1-6-7-8-9-21-28-33-38-46(49)52-41-45(42-53-47(50)39-34-29-24-20-16-18-23-27-32-37-44(4)5)54-48(51)40-35-30-25-19-15-13-11-10-12-14-17-22-26-31-36-43(2)3/h43-45H,6-42H2,1-5H3/t45-/m1/s1. The molecule has 0 bridgehead atoms. The number of esters is 3. The van der Waals surface area contributed by atoms with E-state index in [4.69, 9.17) is 14.2 Å². The van der Waals surface area contributed by atoms with Crippen molar-refractivity contribution in [2.24, 2.45) is 11.8 Å². The number of hydrogen-bond donors (Lipinski definition) is 0. The minimum atomic E-state index is -0.759. The third-order valence-electron chi connectivity index (χ3n) is 10.7. The van der Waals surface area contributed by atoms with Crippen LogP contribution in [0.25, 0.3) is 0 Å². The molecule has 320 valence electrons. The molecule has 54 heavy (non-hydrogen) atoms. The minimum Gasteiger partial charge on any atom is -0.462 e. The second kappa shape index (κ2) is 41.1. The van der Waals surface area contributed by atoms with Crippen molar-refractivity contribution in [3.8, 4) is 0 Å². The summed E-state index contributed by atoms with van der Waals surface area (Å²) in [4.78, 5) is 37.6. The highest BCUT2D eigenvalue weighted by atomic mass is 16.6. The number of carbonyl (C=O) groups excluding carboxylic acids is 3. The molecule has 6 nitrogen and oxygen atoms in total. The van der Waals surface area contributed by atoms with Crippen molar-refractivity contribution in [2.75, 3.05) is 13.2 Å². The van der Waals surface area contributed by atoms with Crippen molar-refractivity contribution in [3.63, 3.8) is 0 Å². The highest BCUT2D eigenvalue weighted by Gasteiger charge is 2.19. The van der Waals surface area contributed by atoms with Crippen LogP contribution in [0.5, 0.6) is 0 Å². The summed E-state index contributed by atoms with van der Waals surface area (Å²) >= 11 is 0. The van der Waals surface area contributed by atoms with E-state index in [2.05, 4.69) is 34.6 Å². The lowest BCUT2D eigenvalue weighted by Crippen LogP contribution is -2.30. The molecule has 0 rings (SSSR count). The van der Waals surface area contributed by atoms with E-state index < -0.39 is 6.10 Å². The topological polar surface area (TPSA) is 78.9 Å². The fourth-order valence-corrected chi connectivity index (χ4v) is 7.11. The zero-order valence-electron chi connectivity index (χ0n) is 36.8. The van der Waals surface area contributed by atoms with Gasteiger partial charge in [-0.25, -0.2) is 0 Å². The van der Waals surface area contributed by atoms with E-state index in [9.17, 15) is 14.4 Å². The molecular formula is C48H92O6. The minimum absolute atomic E-state index is 0.0651. The van der Waals surface area contributed by atoms with Gasteiger partial charge < -0.3 is 14.2 Å². The Morgan fingerprint density at radius 3 is 0.907 bits per heavy atom. The summed E-state index contributed by atoms with van der Waals surface area (Å²) in [5.74, 6) is 0.791. The van der Waals surface area contributed by atoms with Gasteiger partial charge in [-0.15, -0.1) is 0 Å². The molecule has 0 amide bonds. The maximum Gasteiger partial charge on any atom is 0.306 e. The zero-order valence-corrected chi connectivity index (χ0v) is 36.8. The van der Waals surface area contributed by atoms with Crippen molar-refractivity contribution in [1.82, 2.24) is 0 Å². The van der Waals surface area contributed by atoms with E-state index in [0.717, 1.165) is 69.6 Å². The lowest BCUT2D eigenvalue weighted by Gasteiger charge is -2.18. The van der Waals surface area contributed by atoms with Gasteiger partial charge in [0.25, 0.3) is 0 Å². The summed E-state index contributed by atoms with van der Waals surface area (Å²) in [6.07, 6.45) is 39.6. The van der Waals surface area contributed by atoms with Gasteiger partial charge in [0.05, 0.1) is 0 Å². The van der Waals surface area contributed by atoms with Crippen LogP contribution in [0.3, 0.4) is 0 Å².